The van der Waals surface area contributed by atoms with E-state index in [4.69, 9.17) is 9.47 Å². The van der Waals surface area contributed by atoms with Crippen LogP contribution in [0.5, 0.6) is 11.5 Å². The van der Waals surface area contributed by atoms with Gasteiger partial charge in [-0.2, -0.15) is 0 Å². The summed E-state index contributed by atoms with van der Waals surface area (Å²) in [4.78, 5) is 14.4. The van der Waals surface area contributed by atoms with E-state index in [2.05, 4.69) is 23.5 Å². The van der Waals surface area contributed by atoms with Crippen molar-refractivity contribution in [1.82, 2.24) is 0 Å². The number of thiophene rings is 1. The lowest BCUT2D eigenvalue weighted by atomic mass is 10.2. The van der Waals surface area contributed by atoms with Gasteiger partial charge in [0.2, 0.25) is 5.91 Å². The predicted molar refractivity (Wildman–Crippen MR) is 105 cm³/mol. The molecule has 0 aliphatic carbocycles. The summed E-state index contributed by atoms with van der Waals surface area (Å²) in [6, 6.07) is 19.7. The van der Waals surface area contributed by atoms with E-state index in [1.165, 1.54) is 16.5 Å². The molecular weight excluding hydrogens is 346 g/mol. The smallest absolute Gasteiger partial charge is 0.248 e. The molecule has 26 heavy (non-hydrogen) atoms. The quantitative estimate of drug-likeness (QED) is 0.675. The summed E-state index contributed by atoms with van der Waals surface area (Å²) in [5.41, 5.74) is 1.86. The number of carbonyl (C=O) groups excluding carboxylic acids is 1. The summed E-state index contributed by atoms with van der Waals surface area (Å²) < 4.78 is 11.0. The molecule has 2 aromatic carbocycles. The molecule has 0 bridgehead atoms. The van der Waals surface area contributed by atoms with Gasteiger partial charge >= 0.3 is 0 Å². The molecule has 1 N–H and O–H groups in total. The lowest BCUT2D eigenvalue weighted by Crippen LogP contribution is -2.16. The highest BCUT2D eigenvalue weighted by molar-refractivity contribution is 7.16. The molecular formula is C21H17NO3S. The first-order chi connectivity index (χ1) is 12.8. The zero-order valence-corrected chi connectivity index (χ0v) is 14.8. The number of hydrogen-bond acceptors (Lipinski definition) is 4. The van der Waals surface area contributed by atoms with E-state index in [1.54, 1.807) is 29.5 Å². The van der Waals surface area contributed by atoms with Gasteiger partial charge in [0.1, 0.15) is 13.2 Å². The van der Waals surface area contributed by atoms with E-state index >= 15 is 0 Å². The lowest BCUT2D eigenvalue weighted by molar-refractivity contribution is -0.111. The van der Waals surface area contributed by atoms with Gasteiger partial charge < -0.3 is 14.8 Å². The molecule has 0 spiro atoms. The first-order valence-corrected chi connectivity index (χ1v) is 9.13. The van der Waals surface area contributed by atoms with Crippen molar-refractivity contribution in [2.45, 2.75) is 0 Å². The highest BCUT2D eigenvalue weighted by Crippen LogP contribution is 2.32. The molecule has 3 aromatic rings. The van der Waals surface area contributed by atoms with Crippen molar-refractivity contribution in [2.24, 2.45) is 0 Å². The van der Waals surface area contributed by atoms with Gasteiger partial charge in [0.25, 0.3) is 0 Å². The van der Waals surface area contributed by atoms with Crippen LogP contribution in [0.4, 0.5) is 5.69 Å². The van der Waals surface area contributed by atoms with E-state index in [-0.39, 0.29) is 5.91 Å². The Morgan fingerprint density at radius 1 is 0.962 bits per heavy atom. The average Bonchev–Trinajstić information content (AvgIpc) is 3.16. The van der Waals surface area contributed by atoms with Gasteiger partial charge in [-0.15, -0.1) is 11.3 Å². The van der Waals surface area contributed by atoms with Crippen LogP contribution in [0, 0.1) is 0 Å². The monoisotopic (exact) mass is 363 g/mol. The van der Waals surface area contributed by atoms with Crippen molar-refractivity contribution < 1.29 is 14.3 Å². The maximum atomic E-state index is 12.2. The molecule has 1 amide bonds. The van der Waals surface area contributed by atoms with Crippen LogP contribution in [0.15, 0.2) is 66.7 Å². The normalized spacial score (nSPS) is 12.9. The zero-order chi connectivity index (χ0) is 17.8. The number of benzene rings is 2. The summed E-state index contributed by atoms with van der Waals surface area (Å²) >= 11 is 1.65. The Hall–Kier alpha value is -3.05. The molecule has 4 nitrogen and oxygen atoms in total. The molecule has 0 saturated carbocycles. The number of carbonyl (C=O) groups is 1. The zero-order valence-electron chi connectivity index (χ0n) is 14.0. The molecule has 0 radical (unpaired) electrons. The van der Waals surface area contributed by atoms with Crippen molar-refractivity contribution in [1.29, 1.82) is 0 Å². The number of amides is 1. The van der Waals surface area contributed by atoms with Crippen LogP contribution < -0.4 is 14.8 Å². The standard InChI is InChI=1S/C21H17NO3S/c23-21(22-16-6-9-18-19(14-16)25-13-12-24-18)11-8-17-7-10-20(26-17)15-4-2-1-3-5-15/h1-11,14H,12-13H2,(H,22,23)/b11-8+. The van der Waals surface area contributed by atoms with Gasteiger partial charge in [-0.3, -0.25) is 4.79 Å². The second-order valence-corrected chi connectivity index (χ2v) is 6.86. The SMILES string of the molecule is O=C(/C=C/c1ccc(-c2ccccc2)s1)Nc1ccc2c(c1)OCCO2. The Bertz CT molecular complexity index is 947. The Morgan fingerprint density at radius 2 is 1.77 bits per heavy atom. The largest absolute Gasteiger partial charge is 0.486 e. The van der Waals surface area contributed by atoms with Crippen molar-refractivity contribution in [3.05, 3.63) is 71.6 Å². The molecule has 130 valence electrons. The average molecular weight is 363 g/mol. The second-order valence-electron chi connectivity index (χ2n) is 5.75. The lowest BCUT2D eigenvalue weighted by Gasteiger charge is -2.18. The highest BCUT2D eigenvalue weighted by atomic mass is 32.1. The topological polar surface area (TPSA) is 47.6 Å². The minimum Gasteiger partial charge on any atom is -0.486 e. The second kappa shape index (κ2) is 7.45. The summed E-state index contributed by atoms with van der Waals surface area (Å²) in [6.07, 6.45) is 3.36. The third-order valence-corrected chi connectivity index (χ3v) is 4.99. The third-order valence-electron chi connectivity index (χ3n) is 3.89. The van der Waals surface area contributed by atoms with E-state index in [1.807, 2.05) is 30.3 Å². The van der Waals surface area contributed by atoms with Crippen molar-refractivity contribution in [3.63, 3.8) is 0 Å². The van der Waals surface area contributed by atoms with Crippen LogP contribution in [0.1, 0.15) is 4.88 Å². The van der Waals surface area contributed by atoms with Gasteiger partial charge in [-0.25, -0.2) is 0 Å². The fraction of sp³-hybridized carbons (Fsp3) is 0.0952. The van der Waals surface area contributed by atoms with Crippen molar-refractivity contribution in [3.8, 4) is 21.9 Å². The molecule has 0 atom stereocenters. The Kier molecular flexibility index (Phi) is 4.71. The molecule has 4 rings (SSSR count). The summed E-state index contributed by atoms with van der Waals surface area (Å²) in [5.74, 6) is 1.18. The first kappa shape index (κ1) is 16.4. The first-order valence-electron chi connectivity index (χ1n) is 8.32. The fourth-order valence-electron chi connectivity index (χ4n) is 2.66. The van der Waals surface area contributed by atoms with Gasteiger partial charge in [0.05, 0.1) is 0 Å². The number of rotatable bonds is 4. The van der Waals surface area contributed by atoms with Crippen molar-refractivity contribution in [2.75, 3.05) is 18.5 Å². The number of fused-ring (bicyclic) bond motifs is 1. The van der Waals surface area contributed by atoms with Gasteiger partial charge in [-0.05, 0) is 35.9 Å². The molecule has 0 saturated heterocycles. The Labute approximate surface area is 155 Å². The Morgan fingerprint density at radius 3 is 2.62 bits per heavy atom. The molecule has 1 aromatic heterocycles. The number of nitrogens with one attached hydrogen (secondary N) is 1. The molecule has 1 aliphatic heterocycles. The van der Waals surface area contributed by atoms with Crippen LogP contribution in [0.2, 0.25) is 0 Å². The van der Waals surface area contributed by atoms with Gasteiger partial charge in [0.15, 0.2) is 11.5 Å². The minimum absolute atomic E-state index is 0.184. The van der Waals surface area contributed by atoms with Crippen LogP contribution >= 0.6 is 11.3 Å². The minimum atomic E-state index is -0.184. The third kappa shape index (κ3) is 3.78. The van der Waals surface area contributed by atoms with E-state index in [9.17, 15) is 4.79 Å². The summed E-state index contributed by atoms with van der Waals surface area (Å²) in [7, 11) is 0. The summed E-state index contributed by atoms with van der Waals surface area (Å²) in [5, 5.41) is 2.84. The van der Waals surface area contributed by atoms with Crippen LogP contribution in [-0.4, -0.2) is 19.1 Å². The maximum absolute atomic E-state index is 12.2. The van der Waals surface area contributed by atoms with Gasteiger partial charge in [-0.1, -0.05) is 30.3 Å². The molecule has 0 unspecified atom stereocenters. The van der Waals surface area contributed by atoms with E-state index in [0.717, 1.165) is 4.88 Å². The predicted octanol–water partition coefficient (Wildman–Crippen LogP) is 4.84. The van der Waals surface area contributed by atoms with Crippen LogP contribution in [-0.2, 0) is 4.79 Å². The molecule has 1 aliphatic rings. The van der Waals surface area contributed by atoms with Crippen molar-refractivity contribution >= 4 is 29.0 Å². The fourth-order valence-corrected chi connectivity index (χ4v) is 3.58. The number of anilines is 1. The van der Waals surface area contributed by atoms with Gasteiger partial charge in [0, 0.05) is 27.6 Å². The molecule has 2 heterocycles. The Balaban J connectivity index is 1.41. The van der Waals surface area contributed by atoms with Crippen LogP contribution in [0.3, 0.4) is 0 Å². The molecule has 0 fully saturated rings. The molecule has 5 heteroatoms. The van der Waals surface area contributed by atoms with E-state index in [0.29, 0.717) is 30.4 Å². The highest BCUT2D eigenvalue weighted by Gasteiger charge is 2.12. The summed E-state index contributed by atoms with van der Waals surface area (Å²) in [6.45, 7) is 1.07. The number of hydrogen-bond donors (Lipinski definition) is 1. The van der Waals surface area contributed by atoms with Crippen LogP contribution in [0.25, 0.3) is 16.5 Å². The van der Waals surface area contributed by atoms with E-state index < -0.39 is 0 Å². The maximum Gasteiger partial charge on any atom is 0.248 e. The number of ether oxygens (including phenoxy) is 2.